The van der Waals surface area contributed by atoms with Gasteiger partial charge in [-0.25, -0.2) is 0 Å². The first kappa shape index (κ1) is 14.1. The molecule has 0 bridgehead atoms. The first-order chi connectivity index (χ1) is 9.64. The van der Waals surface area contributed by atoms with Crippen molar-refractivity contribution < 1.29 is 4.74 Å². The van der Waals surface area contributed by atoms with Gasteiger partial charge in [0.05, 0.1) is 12.7 Å². The van der Waals surface area contributed by atoms with Gasteiger partial charge in [0, 0.05) is 12.6 Å². The molecule has 1 aromatic rings. The maximum absolute atomic E-state index is 5.98. The van der Waals surface area contributed by atoms with E-state index in [0.717, 1.165) is 19.6 Å². The van der Waals surface area contributed by atoms with E-state index in [1.54, 1.807) is 0 Å². The van der Waals surface area contributed by atoms with Crippen molar-refractivity contribution in [3.05, 3.63) is 35.4 Å². The molecule has 0 aromatic heterocycles. The lowest BCUT2D eigenvalue weighted by molar-refractivity contribution is 0.0377. The van der Waals surface area contributed by atoms with Gasteiger partial charge in [0.15, 0.2) is 0 Å². The van der Waals surface area contributed by atoms with Crippen molar-refractivity contribution in [2.24, 2.45) is 5.41 Å². The van der Waals surface area contributed by atoms with Crippen molar-refractivity contribution in [2.45, 2.75) is 58.1 Å². The van der Waals surface area contributed by atoms with Gasteiger partial charge in [-0.15, -0.1) is 0 Å². The van der Waals surface area contributed by atoms with Crippen LogP contribution in [0.4, 0.5) is 0 Å². The minimum Gasteiger partial charge on any atom is -0.372 e. The fourth-order valence-electron chi connectivity index (χ4n) is 3.79. The van der Waals surface area contributed by atoms with Crippen molar-refractivity contribution in [2.75, 3.05) is 13.2 Å². The zero-order valence-corrected chi connectivity index (χ0v) is 12.8. The van der Waals surface area contributed by atoms with E-state index in [0.29, 0.717) is 11.5 Å². The summed E-state index contributed by atoms with van der Waals surface area (Å²) in [5.41, 5.74) is 3.36. The molecule has 0 saturated heterocycles. The summed E-state index contributed by atoms with van der Waals surface area (Å²) in [6.07, 6.45) is 6.63. The lowest BCUT2D eigenvalue weighted by Crippen LogP contribution is -2.40. The molecule has 2 nitrogen and oxygen atoms in total. The van der Waals surface area contributed by atoms with Crippen molar-refractivity contribution in [3.63, 3.8) is 0 Å². The Morgan fingerprint density at radius 1 is 1.30 bits per heavy atom. The van der Waals surface area contributed by atoms with Crippen LogP contribution in [-0.2, 0) is 11.2 Å². The van der Waals surface area contributed by atoms with Crippen LogP contribution in [0.2, 0.25) is 0 Å². The maximum Gasteiger partial charge on any atom is 0.0952 e. The second kappa shape index (κ2) is 5.87. The summed E-state index contributed by atoms with van der Waals surface area (Å²) in [6, 6.07) is 9.40. The number of rotatable bonds is 3. The second-order valence-corrected chi connectivity index (χ2v) is 7.17. The Morgan fingerprint density at radius 2 is 2.15 bits per heavy atom. The topological polar surface area (TPSA) is 21.3 Å². The van der Waals surface area contributed by atoms with Gasteiger partial charge in [-0.1, -0.05) is 44.5 Å². The van der Waals surface area contributed by atoms with Crippen molar-refractivity contribution in [1.82, 2.24) is 5.32 Å². The minimum atomic E-state index is 0.241. The van der Waals surface area contributed by atoms with Gasteiger partial charge in [-0.3, -0.25) is 0 Å². The van der Waals surface area contributed by atoms with Crippen molar-refractivity contribution in [3.8, 4) is 0 Å². The molecule has 110 valence electrons. The molecule has 1 saturated carbocycles. The molecule has 2 aliphatic rings. The number of hydrogen-bond acceptors (Lipinski definition) is 2. The van der Waals surface area contributed by atoms with E-state index in [1.807, 2.05) is 0 Å². The fourth-order valence-corrected chi connectivity index (χ4v) is 3.79. The molecule has 0 spiro atoms. The molecule has 0 amide bonds. The summed E-state index contributed by atoms with van der Waals surface area (Å²) in [5, 5.41) is 3.76. The largest absolute Gasteiger partial charge is 0.372 e. The Balaban J connectivity index is 1.59. The van der Waals surface area contributed by atoms with E-state index in [1.165, 1.54) is 36.8 Å². The fraction of sp³-hybridized carbons (Fsp3) is 0.667. The summed E-state index contributed by atoms with van der Waals surface area (Å²) in [4.78, 5) is 0. The van der Waals surface area contributed by atoms with Crippen LogP contribution in [0.25, 0.3) is 0 Å². The number of hydrogen-bond donors (Lipinski definition) is 1. The lowest BCUT2D eigenvalue weighted by atomic mass is 9.75. The Morgan fingerprint density at radius 3 is 3.00 bits per heavy atom. The van der Waals surface area contributed by atoms with E-state index in [2.05, 4.69) is 43.4 Å². The maximum atomic E-state index is 5.98. The average Bonchev–Trinajstić information content (AvgIpc) is 2.44. The molecular formula is C18H27NO. The molecule has 1 aromatic carbocycles. The minimum absolute atomic E-state index is 0.241. The third-order valence-corrected chi connectivity index (χ3v) is 4.89. The predicted molar refractivity (Wildman–Crippen MR) is 82.9 cm³/mol. The van der Waals surface area contributed by atoms with Crippen LogP contribution in [-0.4, -0.2) is 19.2 Å². The Labute approximate surface area is 122 Å². The van der Waals surface area contributed by atoms with E-state index in [9.17, 15) is 0 Å². The third kappa shape index (κ3) is 3.24. The predicted octanol–water partition coefficient (Wildman–Crippen LogP) is 3.86. The normalized spacial score (nSPS) is 28.9. The highest BCUT2D eigenvalue weighted by Gasteiger charge is 2.28. The standard InChI is InChI=1S/C18H27NO/c1-18(2)10-5-7-15(12-18)19-13-17-16-8-4-3-6-14(16)9-11-20-17/h3-4,6,8,15,17,19H,5,7,9-13H2,1-2H3. The zero-order valence-electron chi connectivity index (χ0n) is 12.8. The van der Waals surface area contributed by atoms with Crippen LogP contribution in [0.15, 0.2) is 24.3 Å². The van der Waals surface area contributed by atoms with E-state index in [4.69, 9.17) is 4.74 Å². The summed E-state index contributed by atoms with van der Waals surface area (Å²) in [7, 11) is 0. The summed E-state index contributed by atoms with van der Waals surface area (Å²) < 4.78 is 5.98. The van der Waals surface area contributed by atoms with Crippen LogP contribution in [0, 0.1) is 5.41 Å². The van der Waals surface area contributed by atoms with Gasteiger partial charge >= 0.3 is 0 Å². The first-order valence-corrected chi connectivity index (χ1v) is 8.07. The van der Waals surface area contributed by atoms with Crippen LogP contribution in [0.1, 0.15) is 56.8 Å². The van der Waals surface area contributed by atoms with Gasteiger partial charge in [0.25, 0.3) is 0 Å². The molecule has 2 unspecified atom stereocenters. The summed E-state index contributed by atoms with van der Waals surface area (Å²) >= 11 is 0. The number of ether oxygens (including phenoxy) is 1. The lowest BCUT2D eigenvalue weighted by Gasteiger charge is -2.37. The number of fused-ring (bicyclic) bond motifs is 1. The molecule has 2 heteroatoms. The number of nitrogens with one attached hydrogen (secondary N) is 1. The second-order valence-electron chi connectivity index (χ2n) is 7.17. The van der Waals surface area contributed by atoms with Crippen LogP contribution < -0.4 is 5.32 Å². The highest BCUT2D eigenvalue weighted by molar-refractivity contribution is 5.31. The van der Waals surface area contributed by atoms with E-state index >= 15 is 0 Å². The van der Waals surface area contributed by atoms with Gasteiger partial charge in [0.2, 0.25) is 0 Å². The molecule has 20 heavy (non-hydrogen) atoms. The van der Waals surface area contributed by atoms with Gasteiger partial charge in [-0.2, -0.15) is 0 Å². The highest BCUT2D eigenvalue weighted by Crippen LogP contribution is 2.35. The van der Waals surface area contributed by atoms with Crippen LogP contribution in [0.5, 0.6) is 0 Å². The molecule has 0 radical (unpaired) electrons. The van der Waals surface area contributed by atoms with Crippen molar-refractivity contribution >= 4 is 0 Å². The van der Waals surface area contributed by atoms with Gasteiger partial charge in [-0.05, 0) is 42.2 Å². The summed E-state index contributed by atoms with van der Waals surface area (Å²) in [5.74, 6) is 0. The van der Waals surface area contributed by atoms with Crippen LogP contribution in [0.3, 0.4) is 0 Å². The van der Waals surface area contributed by atoms with Gasteiger partial charge in [0.1, 0.15) is 0 Å². The molecule has 1 aliphatic carbocycles. The van der Waals surface area contributed by atoms with E-state index in [-0.39, 0.29) is 6.10 Å². The summed E-state index contributed by atoms with van der Waals surface area (Å²) in [6.45, 7) is 6.61. The van der Waals surface area contributed by atoms with Gasteiger partial charge < -0.3 is 10.1 Å². The molecule has 3 rings (SSSR count). The molecule has 1 heterocycles. The monoisotopic (exact) mass is 273 g/mol. The first-order valence-electron chi connectivity index (χ1n) is 8.07. The molecule has 2 atom stereocenters. The smallest absolute Gasteiger partial charge is 0.0952 e. The Hall–Kier alpha value is -0.860. The Bertz CT molecular complexity index is 454. The quantitative estimate of drug-likeness (QED) is 0.903. The average molecular weight is 273 g/mol. The SMILES string of the molecule is CC1(C)CCCC(NCC2OCCc3ccccc32)C1. The third-order valence-electron chi connectivity index (χ3n) is 4.89. The van der Waals surface area contributed by atoms with Crippen molar-refractivity contribution in [1.29, 1.82) is 0 Å². The number of benzene rings is 1. The molecule has 1 fully saturated rings. The highest BCUT2D eigenvalue weighted by atomic mass is 16.5. The zero-order chi connectivity index (χ0) is 14.0. The van der Waals surface area contributed by atoms with E-state index < -0.39 is 0 Å². The molecular weight excluding hydrogens is 246 g/mol. The Kier molecular flexibility index (Phi) is 4.13. The molecule has 1 N–H and O–H groups in total. The molecule has 1 aliphatic heterocycles. The van der Waals surface area contributed by atoms with Crippen LogP contribution >= 0.6 is 0 Å².